The molecule has 0 aliphatic carbocycles. The zero-order valence-corrected chi connectivity index (χ0v) is 16.3. The molecular formula is C16H17N7O2S2. The predicted octanol–water partition coefficient (Wildman–Crippen LogP) is 1.76. The lowest BCUT2D eigenvalue weighted by Crippen LogP contribution is -2.26. The summed E-state index contributed by atoms with van der Waals surface area (Å²) in [6.07, 6.45) is 1.42. The minimum atomic E-state index is -0.450. The second-order valence-electron chi connectivity index (χ2n) is 5.69. The highest BCUT2D eigenvalue weighted by atomic mass is 32.2. The Bertz CT molecular complexity index is 924. The zero-order valence-electron chi connectivity index (χ0n) is 14.7. The molecule has 1 aromatic carbocycles. The van der Waals surface area contributed by atoms with E-state index in [9.17, 15) is 9.59 Å². The normalized spacial score (nSPS) is 10.6. The minimum absolute atomic E-state index is 0.0202. The third-order valence-corrected chi connectivity index (χ3v) is 5.44. The van der Waals surface area contributed by atoms with Gasteiger partial charge in [-0.25, -0.2) is 4.68 Å². The molecule has 0 unspecified atom stereocenters. The van der Waals surface area contributed by atoms with E-state index in [4.69, 9.17) is 0 Å². The number of rotatable bonds is 7. The van der Waals surface area contributed by atoms with E-state index >= 15 is 0 Å². The summed E-state index contributed by atoms with van der Waals surface area (Å²) in [5.74, 6) is 0.183. The number of likely N-dealkylation sites (N-methyl/N-ethyl adjacent to an activating group) is 1. The Kier molecular flexibility index (Phi) is 6.14. The van der Waals surface area contributed by atoms with Gasteiger partial charge in [0.2, 0.25) is 11.0 Å². The van der Waals surface area contributed by atoms with Gasteiger partial charge in [-0.05, 0) is 5.56 Å². The third-order valence-electron chi connectivity index (χ3n) is 3.40. The molecule has 0 saturated heterocycles. The van der Waals surface area contributed by atoms with Crippen LogP contribution in [0, 0.1) is 0 Å². The molecule has 2 amide bonds. The lowest BCUT2D eigenvalue weighted by atomic mass is 10.2. The molecule has 0 saturated carbocycles. The number of aromatic nitrogens is 5. The number of hydrogen-bond donors (Lipinski definition) is 1. The molecule has 9 nitrogen and oxygen atoms in total. The fourth-order valence-corrected chi connectivity index (χ4v) is 3.66. The highest BCUT2D eigenvalue weighted by Crippen LogP contribution is 2.28. The first kappa shape index (κ1) is 19.0. The Hall–Kier alpha value is -2.79. The smallest absolute Gasteiger partial charge is 0.279 e. The number of carbonyl (C=O) groups is 2. The van der Waals surface area contributed by atoms with Crippen LogP contribution in [0.2, 0.25) is 0 Å². The number of nitrogens with one attached hydrogen (secondary N) is 1. The van der Waals surface area contributed by atoms with Crippen LogP contribution in [0.25, 0.3) is 0 Å². The summed E-state index contributed by atoms with van der Waals surface area (Å²) in [6.45, 7) is 0.0202. The minimum Gasteiger partial charge on any atom is -0.347 e. The fraction of sp³-hybridized carbons (Fsp3) is 0.250. The third kappa shape index (κ3) is 5.34. The maximum absolute atomic E-state index is 12.2. The van der Waals surface area contributed by atoms with E-state index < -0.39 is 5.91 Å². The molecule has 2 heterocycles. The van der Waals surface area contributed by atoms with Gasteiger partial charge < -0.3 is 4.90 Å². The van der Waals surface area contributed by atoms with Crippen LogP contribution < -0.4 is 5.32 Å². The van der Waals surface area contributed by atoms with Crippen LogP contribution in [0.5, 0.6) is 0 Å². The van der Waals surface area contributed by atoms with Crippen molar-refractivity contribution in [2.24, 2.45) is 0 Å². The second kappa shape index (κ2) is 8.73. The maximum atomic E-state index is 12.2. The lowest BCUT2D eigenvalue weighted by Gasteiger charge is -2.08. The van der Waals surface area contributed by atoms with Crippen molar-refractivity contribution in [3.63, 3.8) is 0 Å². The first-order valence-corrected chi connectivity index (χ1v) is 9.73. The summed E-state index contributed by atoms with van der Waals surface area (Å²) < 4.78 is 2.08. The quantitative estimate of drug-likeness (QED) is 0.473. The van der Waals surface area contributed by atoms with Crippen LogP contribution in [0.4, 0.5) is 5.13 Å². The number of nitrogens with zero attached hydrogens (tertiary/aromatic N) is 6. The van der Waals surface area contributed by atoms with Gasteiger partial charge in [0.1, 0.15) is 6.54 Å². The summed E-state index contributed by atoms with van der Waals surface area (Å²) in [6, 6.07) is 10.0. The molecular weight excluding hydrogens is 386 g/mol. The van der Waals surface area contributed by atoms with Crippen molar-refractivity contribution in [3.05, 3.63) is 47.8 Å². The van der Waals surface area contributed by atoms with Gasteiger partial charge in [-0.1, -0.05) is 58.6 Å². The molecule has 27 heavy (non-hydrogen) atoms. The van der Waals surface area contributed by atoms with Crippen LogP contribution in [-0.2, 0) is 17.1 Å². The molecule has 11 heteroatoms. The largest absolute Gasteiger partial charge is 0.347 e. The van der Waals surface area contributed by atoms with Crippen molar-refractivity contribution in [2.75, 3.05) is 19.4 Å². The molecule has 0 radical (unpaired) electrons. The number of hydrogen-bond acceptors (Lipinski definition) is 8. The molecule has 0 bridgehead atoms. The molecule has 140 valence electrons. The van der Waals surface area contributed by atoms with Gasteiger partial charge in [-0.15, -0.1) is 15.3 Å². The Morgan fingerprint density at radius 3 is 2.70 bits per heavy atom. The van der Waals surface area contributed by atoms with Gasteiger partial charge in [-0.3, -0.25) is 14.9 Å². The Morgan fingerprint density at radius 1 is 1.19 bits per heavy atom. The van der Waals surface area contributed by atoms with E-state index in [-0.39, 0.29) is 18.1 Å². The van der Waals surface area contributed by atoms with Gasteiger partial charge in [0.05, 0.1) is 6.20 Å². The van der Waals surface area contributed by atoms with Crippen LogP contribution in [0.1, 0.15) is 16.1 Å². The fourth-order valence-electron chi connectivity index (χ4n) is 1.96. The number of anilines is 1. The average molecular weight is 403 g/mol. The highest BCUT2D eigenvalue weighted by Gasteiger charge is 2.15. The van der Waals surface area contributed by atoms with Crippen molar-refractivity contribution in [1.29, 1.82) is 0 Å². The molecule has 3 rings (SSSR count). The SMILES string of the molecule is CN(C)C(=O)Cn1cc(C(=O)Nc2nnc(SCc3ccccc3)s2)nn1. The molecule has 3 aromatic rings. The van der Waals surface area contributed by atoms with Crippen LogP contribution in [0.3, 0.4) is 0 Å². The molecule has 0 aliphatic rings. The Morgan fingerprint density at radius 2 is 1.96 bits per heavy atom. The van der Waals surface area contributed by atoms with Gasteiger partial charge in [0.15, 0.2) is 10.0 Å². The number of amides is 2. The van der Waals surface area contributed by atoms with E-state index in [1.54, 1.807) is 25.9 Å². The Balaban J connectivity index is 1.55. The molecule has 2 aromatic heterocycles. The van der Waals surface area contributed by atoms with Crippen LogP contribution >= 0.6 is 23.1 Å². The van der Waals surface area contributed by atoms with E-state index in [1.165, 1.54) is 32.7 Å². The van der Waals surface area contributed by atoms with E-state index in [2.05, 4.69) is 25.8 Å². The topological polar surface area (TPSA) is 106 Å². The van der Waals surface area contributed by atoms with E-state index in [1.807, 2.05) is 30.3 Å². The monoisotopic (exact) mass is 403 g/mol. The zero-order chi connectivity index (χ0) is 19.2. The average Bonchev–Trinajstić information content (AvgIpc) is 3.30. The molecule has 0 spiro atoms. The number of benzene rings is 1. The van der Waals surface area contributed by atoms with Crippen molar-refractivity contribution < 1.29 is 9.59 Å². The van der Waals surface area contributed by atoms with E-state index in [0.29, 0.717) is 5.13 Å². The molecule has 0 aliphatic heterocycles. The van der Waals surface area contributed by atoms with Gasteiger partial charge in [0, 0.05) is 19.8 Å². The van der Waals surface area contributed by atoms with Crippen molar-refractivity contribution in [2.45, 2.75) is 16.6 Å². The summed E-state index contributed by atoms with van der Waals surface area (Å²) in [7, 11) is 3.30. The molecule has 1 N–H and O–H groups in total. The van der Waals surface area contributed by atoms with Crippen LogP contribution in [-0.4, -0.2) is 56.0 Å². The van der Waals surface area contributed by atoms with Gasteiger partial charge in [0.25, 0.3) is 5.91 Å². The second-order valence-corrected chi connectivity index (χ2v) is 7.89. The predicted molar refractivity (Wildman–Crippen MR) is 103 cm³/mol. The summed E-state index contributed by atoms with van der Waals surface area (Å²) in [5, 5.41) is 18.7. The first-order chi connectivity index (χ1) is 13.0. The number of carbonyl (C=O) groups excluding carboxylic acids is 2. The van der Waals surface area contributed by atoms with Crippen molar-refractivity contribution in [1.82, 2.24) is 30.1 Å². The summed E-state index contributed by atoms with van der Waals surface area (Å²) in [4.78, 5) is 25.4. The molecule has 0 fully saturated rings. The standard InChI is InChI=1S/C16H17N7O2S2/c1-22(2)13(24)9-23-8-12(18-21-23)14(25)17-15-19-20-16(27-15)26-10-11-6-4-3-5-7-11/h3-8H,9-10H2,1-2H3,(H,17,19,25). The van der Waals surface area contributed by atoms with Crippen LogP contribution in [0.15, 0.2) is 40.9 Å². The van der Waals surface area contributed by atoms with Gasteiger partial charge in [-0.2, -0.15) is 0 Å². The summed E-state index contributed by atoms with van der Waals surface area (Å²) >= 11 is 2.84. The number of thioether (sulfide) groups is 1. The Labute approximate surface area is 163 Å². The van der Waals surface area contributed by atoms with Crippen molar-refractivity contribution in [3.8, 4) is 0 Å². The first-order valence-electron chi connectivity index (χ1n) is 7.93. The van der Waals surface area contributed by atoms with E-state index in [0.717, 1.165) is 10.1 Å². The lowest BCUT2D eigenvalue weighted by molar-refractivity contribution is -0.129. The van der Waals surface area contributed by atoms with Gasteiger partial charge >= 0.3 is 0 Å². The van der Waals surface area contributed by atoms with Crippen molar-refractivity contribution >= 4 is 40.0 Å². The summed E-state index contributed by atoms with van der Waals surface area (Å²) in [5.41, 5.74) is 1.29. The highest BCUT2D eigenvalue weighted by molar-refractivity contribution is 8.00. The molecule has 0 atom stereocenters. The maximum Gasteiger partial charge on any atom is 0.279 e.